The van der Waals surface area contributed by atoms with E-state index >= 15 is 0 Å². The number of nitrogens with two attached hydrogens (primary N) is 1. The number of aromatic nitrogens is 1. The molecule has 1 aromatic heterocycles. The minimum Gasteiger partial charge on any atom is -0.457 e. The van der Waals surface area contributed by atoms with E-state index in [-0.39, 0.29) is 0 Å². The zero-order chi connectivity index (χ0) is 16.1. The van der Waals surface area contributed by atoms with Gasteiger partial charge in [0.15, 0.2) is 0 Å². The summed E-state index contributed by atoms with van der Waals surface area (Å²) >= 11 is 0. The van der Waals surface area contributed by atoms with Crippen molar-refractivity contribution in [2.24, 2.45) is 4.99 Å². The molecule has 0 radical (unpaired) electrons. The molecule has 2 N–H and O–H groups in total. The fraction of sp³-hybridized carbons (Fsp3) is 0.0526. The third-order valence-corrected chi connectivity index (χ3v) is 3.24. The maximum Gasteiger partial charge on any atom is 0.127 e. The molecule has 0 saturated carbocycles. The van der Waals surface area contributed by atoms with Crippen LogP contribution in [0.4, 0.5) is 11.4 Å². The molecule has 0 saturated heterocycles. The van der Waals surface area contributed by atoms with Crippen molar-refractivity contribution in [1.82, 2.24) is 4.98 Å². The van der Waals surface area contributed by atoms with Crippen LogP contribution in [0.1, 0.15) is 11.3 Å². The summed E-state index contributed by atoms with van der Waals surface area (Å²) in [5.74, 6) is 1.50. The lowest BCUT2D eigenvalue weighted by molar-refractivity contribution is 0.483. The van der Waals surface area contributed by atoms with Gasteiger partial charge in [-0.15, -0.1) is 0 Å². The third-order valence-electron chi connectivity index (χ3n) is 3.24. The fourth-order valence-electron chi connectivity index (χ4n) is 2.04. The van der Waals surface area contributed by atoms with Crippen molar-refractivity contribution in [2.45, 2.75) is 6.92 Å². The van der Waals surface area contributed by atoms with Crippen LogP contribution in [-0.4, -0.2) is 11.2 Å². The summed E-state index contributed by atoms with van der Waals surface area (Å²) in [5, 5.41) is 0. The molecule has 0 amide bonds. The van der Waals surface area contributed by atoms with Crippen molar-refractivity contribution in [3.8, 4) is 11.5 Å². The Labute approximate surface area is 135 Å². The molecule has 4 heteroatoms. The number of anilines is 1. The Balaban J connectivity index is 1.68. The van der Waals surface area contributed by atoms with Gasteiger partial charge in [0.1, 0.15) is 11.5 Å². The van der Waals surface area contributed by atoms with E-state index in [1.165, 1.54) is 0 Å². The van der Waals surface area contributed by atoms with Crippen LogP contribution in [0.2, 0.25) is 0 Å². The minimum absolute atomic E-state index is 0.715. The van der Waals surface area contributed by atoms with Gasteiger partial charge >= 0.3 is 0 Å². The number of nitrogens with zero attached hydrogens (tertiary/aromatic N) is 2. The van der Waals surface area contributed by atoms with Crippen molar-refractivity contribution in [3.63, 3.8) is 0 Å². The Kier molecular flexibility index (Phi) is 4.34. The van der Waals surface area contributed by atoms with Gasteiger partial charge in [-0.05, 0) is 73.2 Å². The van der Waals surface area contributed by atoms with Crippen LogP contribution in [0.5, 0.6) is 11.5 Å². The van der Waals surface area contributed by atoms with Crippen molar-refractivity contribution in [2.75, 3.05) is 5.73 Å². The van der Waals surface area contributed by atoms with Gasteiger partial charge in [-0.25, -0.2) is 0 Å². The smallest absolute Gasteiger partial charge is 0.127 e. The highest BCUT2D eigenvalue weighted by molar-refractivity contribution is 5.79. The molecule has 0 aliphatic heterocycles. The molecule has 4 nitrogen and oxygen atoms in total. The predicted molar refractivity (Wildman–Crippen MR) is 93.6 cm³/mol. The highest BCUT2D eigenvalue weighted by atomic mass is 16.5. The average Bonchev–Trinajstić information content (AvgIpc) is 2.56. The molecule has 3 rings (SSSR count). The number of benzene rings is 2. The zero-order valence-corrected chi connectivity index (χ0v) is 12.8. The summed E-state index contributed by atoms with van der Waals surface area (Å²) in [4.78, 5) is 8.67. The number of nitrogen functional groups attached to an aromatic ring is 1. The molecule has 0 aliphatic carbocycles. The average molecular weight is 303 g/mol. The van der Waals surface area contributed by atoms with E-state index in [0.717, 1.165) is 28.4 Å². The SMILES string of the molecule is Cc1ccnc(C=Nc2ccc(Oc3ccc(N)cc3)cc2)c1. The Morgan fingerprint density at radius 1 is 0.957 bits per heavy atom. The molecule has 0 bridgehead atoms. The van der Waals surface area contributed by atoms with Crippen molar-refractivity contribution in [1.29, 1.82) is 0 Å². The lowest BCUT2D eigenvalue weighted by atomic mass is 10.2. The molecular weight excluding hydrogens is 286 g/mol. The summed E-state index contributed by atoms with van der Waals surface area (Å²) in [6.45, 7) is 2.03. The van der Waals surface area contributed by atoms with Crippen LogP contribution in [0.25, 0.3) is 0 Å². The molecule has 2 aromatic carbocycles. The van der Waals surface area contributed by atoms with Crippen molar-refractivity contribution in [3.05, 3.63) is 78.1 Å². The topological polar surface area (TPSA) is 60.5 Å². The largest absolute Gasteiger partial charge is 0.457 e. The van der Waals surface area contributed by atoms with Gasteiger partial charge in [0.25, 0.3) is 0 Å². The third kappa shape index (κ3) is 4.17. The molecule has 0 unspecified atom stereocenters. The molecule has 0 aliphatic rings. The molecule has 0 fully saturated rings. The van der Waals surface area contributed by atoms with E-state index in [1.807, 2.05) is 67.6 Å². The molecule has 23 heavy (non-hydrogen) atoms. The van der Waals surface area contributed by atoms with Crippen LogP contribution >= 0.6 is 0 Å². The highest BCUT2D eigenvalue weighted by Gasteiger charge is 1.98. The lowest BCUT2D eigenvalue weighted by Gasteiger charge is -2.05. The van der Waals surface area contributed by atoms with Gasteiger partial charge in [0, 0.05) is 11.9 Å². The molecule has 0 spiro atoms. The maximum absolute atomic E-state index is 5.75. The second-order valence-corrected chi connectivity index (χ2v) is 5.18. The molecule has 1 heterocycles. The van der Waals surface area contributed by atoms with Gasteiger partial charge in [-0.2, -0.15) is 0 Å². The van der Waals surface area contributed by atoms with Crippen LogP contribution in [0.15, 0.2) is 71.9 Å². The number of aryl methyl sites for hydroxylation is 1. The lowest BCUT2D eigenvalue weighted by Crippen LogP contribution is -1.87. The molecule has 3 aromatic rings. The van der Waals surface area contributed by atoms with E-state index < -0.39 is 0 Å². The normalized spacial score (nSPS) is 10.8. The Morgan fingerprint density at radius 2 is 1.61 bits per heavy atom. The van der Waals surface area contributed by atoms with E-state index in [2.05, 4.69) is 9.98 Å². The van der Waals surface area contributed by atoms with Gasteiger partial charge < -0.3 is 10.5 Å². The Morgan fingerprint density at radius 3 is 2.26 bits per heavy atom. The van der Waals surface area contributed by atoms with Gasteiger partial charge in [0.2, 0.25) is 0 Å². The summed E-state index contributed by atoms with van der Waals surface area (Å²) < 4.78 is 5.75. The molecule has 0 atom stereocenters. The summed E-state index contributed by atoms with van der Waals surface area (Å²) in [5.41, 5.74) is 9.21. The number of aliphatic imine (C=N–C) groups is 1. The second kappa shape index (κ2) is 6.75. The van der Waals surface area contributed by atoms with E-state index in [4.69, 9.17) is 10.5 Å². The van der Waals surface area contributed by atoms with Gasteiger partial charge in [-0.3, -0.25) is 9.98 Å². The number of pyridine rings is 1. The van der Waals surface area contributed by atoms with Gasteiger partial charge in [-0.1, -0.05) is 0 Å². The first-order chi connectivity index (χ1) is 11.2. The molecular formula is C19H17N3O. The van der Waals surface area contributed by atoms with Gasteiger partial charge in [0.05, 0.1) is 17.6 Å². The summed E-state index contributed by atoms with van der Waals surface area (Å²) in [6, 6.07) is 18.8. The van der Waals surface area contributed by atoms with E-state index in [0.29, 0.717) is 5.69 Å². The van der Waals surface area contributed by atoms with Crippen LogP contribution in [0.3, 0.4) is 0 Å². The minimum atomic E-state index is 0.715. The monoisotopic (exact) mass is 303 g/mol. The molecule has 114 valence electrons. The maximum atomic E-state index is 5.75. The van der Waals surface area contributed by atoms with Crippen LogP contribution < -0.4 is 10.5 Å². The first-order valence-corrected chi connectivity index (χ1v) is 7.29. The summed E-state index contributed by atoms with van der Waals surface area (Å²) in [7, 11) is 0. The number of ether oxygens (including phenoxy) is 1. The standard InChI is InChI=1S/C19H17N3O/c1-14-10-11-21-17(12-14)13-22-16-4-8-19(9-5-16)23-18-6-2-15(20)3-7-18/h2-13H,20H2,1H3. The van der Waals surface area contributed by atoms with E-state index in [1.54, 1.807) is 12.4 Å². The Hall–Kier alpha value is -3.14. The van der Waals surface area contributed by atoms with Crippen molar-refractivity contribution >= 4 is 17.6 Å². The first-order valence-electron chi connectivity index (χ1n) is 7.29. The first kappa shape index (κ1) is 14.8. The Bertz CT molecular complexity index is 809. The summed E-state index contributed by atoms with van der Waals surface area (Å²) in [6.07, 6.45) is 3.53. The number of rotatable bonds is 4. The van der Waals surface area contributed by atoms with Crippen LogP contribution in [0, 0.1) is 6.92 Å². The second-order valence-electron chi connectivity index (χ2n) is 5.18. The fourth-order valence-corrected chi connectivity index (χ4v) is 2.04. The highest BCUT2D eigenvalue weighted by Crippen LogP contribution is 2.24. The van der Waals surface area contributed by atoms with Crippen molar-refractivity contribution < 1.29 is 4.74 Å². The zero-order valence-electron chi connectivity index (χ0n) is 12.8. The number of hydrogen-bond acceptors (Lipinski definition) is 4. The number of hydrogen-bond donors (Lipinski definition) is 1. The van der Waals surface area contributed by atoms with Crippen LogP contribution in [-0.2, 0) is 0 Å². The van der Waals surface area contributed by atoms with E-state index in [9.17, 15) is 0 Å². The predicted octanol–water partition coefficient (Wildman–Crippen LogP) is 4.52. The quantitative estimate of drug-likeness (QED) is 0.569.